The highest BCUT2D eigenvalue weighted by Crippen LogP contribution is 2.14. The van der Waals surface area contributed by atoms with E-state index in [1.54, 1.807) is 13.1 Å². The first kappa shape index (κ1) is 18.7. The van der Waals surface area contributed by atoms with Gasteiger partial charge in [0.25, 0.3) is 5.56 Å². The molecule has 0 radical (unpaired) electrons. The van der Waals surface area contributed by atoms with Crippen molar-refractivity contribution in [3.05, 3.63) is 51.4 Å². The van der Waals surface area contributed by atoms with E-state index in [2.05, 4.69) is 51.4 Å². The minimum absolute atomic E-state index is 0.0833. The van der Waals surface area contributed by atoms with Gasteiger partial charge in [-0.1, -0.05) is 12.1 Å². The number of aromatic nitrogens is 2. The molecule has 0 unspecified atom stereocenters. The number of hydrogen-bond acceptors (Lipinski definition) is 6. The summed E-state index contributed by atoms with van der Waals surface area (Å²) in [5, 5.41) is 13.1. The van der Waals surface area contributed by atoms with Gasteiger partial charge >= 0.3 is 0 Å². The molecule has 0 atom stereocenters. The van der Waals surface area contributed by atoms with Crippen LogP contribution >= 0.6 is 0 Å². The number of aliphatic hydroxyl groups excluding tert-OH is 1. The first-order valence-electron chi connectivity index (χ1n) is 8.43. The topological polar surface area (TPSA) is 93.6 Å². The highest BCUT2D eigenvalue weighted by molar-refractivity contribution is 5.80. The molecule has 0 bridgehead atoms. The maximum atomic E-state index is 11.9. The van der Waals surface area contributed by atoms with Crippen molar-refractivity contribution in [2.45, 2.75) is 27.2 Å². The Balaban J connectivity index is 2.05. The van der Waals surface area contributed by atoms with Crippen LogP contribution in [0.15, 0.2) is 34.2 Å². The third kappa shape index (κ3) is 4.90. The lowest BCUT2D eigenvalue weighted by molar-refractivity contribution is 0.298. The van der Waals surface area contributed by atoms with Crippen LogP contribution in [0.2, 0.25) is 0 Å². The lowest BCUT2D eigenvalue weighted by atomic mass is 10.2. The zero-order valence-electron chi connectivity index (χ0n) is 14.9. The molecule has 1 aromatic carbocycles. The second-order valence-electron chi connectivity index (χ2n) is 5.59. The number of benzene rings is 1. The van der Waals surface area contributed by atoms with Gasteiger partial charge in [-0.3, -0.25) is 9.78 Å². The van der Waals surface area contributed by atoms with Crippen LogP contribution < -0.4 is 15.9 Å². The van der Waals surface area contributed by atoms with Gasteiger partial charge in [0.05, 0.1) is 11.9 Å². The van der Waals surface area contributed by atoms with Crippen molar-refractivity contribution in [1.29, 1.82) is 0 Å². The molecule has 0 aliphatic heterocycles. The van der Waals surface area contributed by atoms with Crippen LogP contribution in [0.5, 0.6) is 0 Å². The second kappa shape index (κ2) is 8.98. The first-order chi connectivity index (χ1) is 12.1. The molecule has 0 saturated carbocycles. The van der Waals surface area contributed by atoms with Crippen LogP contribution in [-0.4, -0.2) is 41.0 Å². The van der Waals surface area contributed by atoms with E-state index < -0.39 is 0 Å². The Kier molecular flexibility index (Phi) is 6.71. The van der Waals surface area contributed by atoms with E-state index in [9.17, 15) is 4.79 Å². The van der Waals surface area contributed by atoms with Crippen LogP contribution in [0.4, 0.5) is 11.6 Å². The van der Waals surface area contributed by atoms with E-state index in [4.69, 9.17) is 5.11 Å². The van der Waals surface area contributed by atoms with E-state index in [-0.39, 0.29) is 24.5 Å². The minimum atomic E-state index is -0.261. The molecule has 1 aromatic heterocycles. The maximum Gasteiger partial charge on any atom is 0.255 e. The number of aliphatic hydroxyl groups is 1. The zero-order chi connectivity index (χ0) is 18.2. The number of anilines is 2. The van der Waals surface area contributed by atoms with Crippen molar-refractivity contribution < 1.29 is 5.11 Å². The number of hydrazone groups is 1. The van der Waals surface area contributed by atoms with Crippen molar-refractivity contribution in [1.82, 2.24) is 9.97 Å². The predicted octanol–water partition coefficient (Wildman–Crippen LogP) is 1.91. The highest BCUT2D eigenvalue weighted by Gasteiger charge is 2.07. The number of rotatable bonds is 8. The Morgan fingerprint density at radius 2 is 1.96 bits per heavy atom. The zero-order valence-corrected chi connectivity index (χ0v) is 14.9. The van der Waals surface area contributed by atoms with Crippen LogP contribution in [0.25, 0.3) is 0 Å². The smallest absolute Gasteiger partial charge is 0.255 e. The number of hydrogen-bond donors (Lipinski definition) is 3. The van der Waals surface area contributed by atoms with Crippen molar-refractivity contribution in [2.24, 2.45) is 5.10 Å². The van der Waals surface area contributed by atoms with E-state index in [1.807, 2.05) is 12.1 Å². The summed E-state index contributed by atoms with van der Waals surface area (Å²) < 4.78 is 0. The van der Waals surface area contributed by atoms with Gasteiger partial charge in [0.2, 0.25) is 5.95 Å². The lowest BCUT2D eigenvalue weighted by Crippen LogP contribution is -2.21. The Bertz CT molecular complexity index is 764. The van der Waals surface area contributed by atoms with Gasteiger partial charge in [-0.15, -0.1) is 0 Å². The van der Waals surface area contributed by atoms with E-state index in [0.717, 1.165) is 18.7 Å². The number of H-pyrrole nitrogens is 1. The number of aryl methyl sites for hydroxylation is 1. The molecule has 0 aliphatic rings. The molecule has 0 amide bonds. The molecule has 134 valence electrons. The van der Waals surface area contributed by atoms with Crippen LogP contribution in [0, 0.1) is 6.92 Å². The van der Waals surface area contributed by atoms with Crippen molar-refractivity contribution in [3.8, 4) is 0 Å². The molecule has 0 aliphatic carbocycles. The molecule has 7 nitrogen and oxygen atoms in total. The molecule has 3 N–H and O–H groups in total. The van der Waals surface area contributed by atoms with Crippen LogP contribution in [0.1, 0.15) is 30.7 Å². The summed E-state index contributed by atoms with van der Waals surface area (Å²) in [7, 11) is 0. The summed E-state index contributed by atoms with van der Waals surface area (Å²) in [6.07, 6.45) is 1.96. The summed E-state index contributed by atoms with van der Waals surface area (Å²) >= 11 is 0. The maximum absolute atomic E-state index is 11.9. The molecule has 0 fully saturated rings. The molecule has 7 heteroatoms. The van der Waals surface area contributed by atoms with Gasteiger partial charge in [0.15, 0.2) is 0 Å². The Labute approximate surface area is 147 Å². The normalized spacial score (nSPS) is 11.0. The fourth-order valence-corrected chi connectivity index (χ4v) is 2.60. The van der Waals surface area contributed by atoms with Crippen LogP contribution in [0.3, 0.4) is 0 Å². The molecule has 0 saturated heterocycles. The summed E-state index contributed by atoms with van der Waals surface area (Å²) in [5.74, 6) is 0.278. The van der Waals surface area contributed by atoms with Gasteiger partial charge in [0, 0.05) is 37.4 Å². The standard InChI is InChI=1S/C18H25N5O2/c1-4-23(5-2)15-8-6-14(7-9-15)12-19-22-18-20-13(3)16(10-11-24)17(25)21-18/h6-9,12,24H,4-5,10-11H2,1-3H3,(H2,20,21,22,25)/b19-12-. The monoisotopic (exact) mass is 343 g/mol. The van der Waals surface area contributed by atoms with Gasteiger partial charge in [-0.05, 0) is 38.5 Å². The van der Waals surface area contributed by atoms with Crippen molar-refractivity contribution in [2.75, 3.05) is 30.0 Å². The molecule has 0 spiro atoms. The van der Waals surface area contributed by atoms with Crippen molar-refractivity contribution in [3.63, 3.8) is 0 Å². The Morgan fingerprint density at radius 1 is 1.28 bits per heavy atom. The van der Waals surface area contributed by atoms with E-state index in [0.29, 0.717) is 11.3 Å². The van der Waals surface area contributed by atoms with E-state index in [1.165, 1.54) is 5.69 Å². The average molecular weight is 343 g/mol. The molecule has 25 heavy (non-hydrogen) atoms. The number of nitrogens with zero attached hydrogens (tertiary/aromatic N) is 3. The van der Waals surface area contributed by atoms with Crippen molar-refractivity contribution >= 4 is 17.9 Å². The molecular weight excluding hydrogens is 318 g/mol. The number of aromatic amines is 1. The Morgan fingerprint density at radius 3 is 2.52 bits per heavy atom. The fraction of sp³-hybridized carbons (Fsp3) is 0.389. The SMILES string of the molecule is CCN(CC)c1ccc(/C=N\Nc2nc(C)c(CCO)c(=O)[nH]2)cc1. The van der Waals surface area contributed by atoms with E-state index >= 15 is 0 Å². The van der Waals surface area contributed by atoms with Crippen LogP contribution in [-0.2, 0) is 6.42 Å². The minimum Gasteiger partial charge on any atom is -0.396 e. The van der Waals surface area contributed by atoms with Gasteiger partial charge < -0.3 is 10.0 Å². The summed E-state index contributed by atoms with van der Waals surface area (Å²) in [5.41, 5.74) is 5.67. The third-order valence-electron chi connectivity index (χ3n) is 3.99. The first-order valence-corrected chi connectivity index (χ1v) is 8.43. The van der Waals surface area contributed by atoms with Gasteiger partial charge in [0.1, 0.15) is 0 Å². The average Bonchev–Trinajstić information content (AvgIpc) is 2.60. The number of nitrogens with one attached hydrogen (secondary N) is 2. The predicted molar refractivity (Wildman–Crippen MR) is 102 cm³/mol. The largest absolute Gasteiger partial charge is 0.396 e. The molecule has 2 aromatic rings. The van der Waals surface area contributed by atoms with Gasteiger partial charge in [-0.25, -0.2) is 10.4 Å². The Hall–Kier alpha value is -2.67. The summed E-state index contributed by atoms with van der Waals surface area (Å²) in [6.45, 7) is 7.85. The molecular formula is C18H25N5O2. The fourth-order valence-electron chi connectivity index (χ4n) is 2.60. The molecule has 2 rings (SSSR count). The molecule has 1 heterocycles. The summed E-state index contributed by atoms with van der Waals surface area (Å²) in [6, 6.07) is 8.10. The van der Waals surface area contributed by atoms with Gasteiger partial charge in [-0.2, -0.15) is 5.10 Å². The quantitative estimate of drug-likeness (QED) is 0.503. The summed E-state index contributed by atoms with van der Waals surface area (Å²) in [4.78, 5) is 21.1. The third-order valence-corrected chi connectivity index (χ3v) is 3.99. The lowest BCUT2D eigenvalue weighted by Gasteiger charge is -2.20. The highest BCUT2D eigenvalue weighted by atomic mass is 16.3. The second-order valence-corrected chi connectivity index (χ2v) is 5.59.